The minimum atomic E-state index is -0.141. The van der Waals surface area contributed by atoms with Gasteiger partial charge in [-0.2, -0.15) is 0 Å². The lowest BCUT2D eigenvalue weighted by molar-refractivity contribution is 0.0740. The quantitative estimate of drug-likeness (QED) is 0.436. The van der Waals surface area contributed by atoms with E-state index in [4.69, 9.17) is 34.8 Å². The van der Waals surface area contributed by atoms with E-state index in [9.17, 15) is 9.59 Å². The molecule has 2 atom stereocenters. The Kier molecular flexibility index (Phi) is 9.18. The van der Waals surface area contributed by atoms with Gasteiger partial charge in [-0.25, -0.2) is 4.79 Å². The summed E-state index contributed by atoms with van der Waals surface area (Å²) >= 11 is 19.1. The Balaban J connectivity index is 0.00000320. The van der Waals surface area contributed by atoms with Gasteiger partial charge in [-0.3, -0.25) is 4.79 Å². The molecule has 3 amide bonds. The van der Waals surface area contributed by atoms with E-state index in [1.807, 2.05) is 47.2 Å². The van der Waals surface area contributed by atoms with Gasteiger partial charge in [0.05, 0.1) is 26.7 Å². The second-order valence-corrected chi connectivity index (χ2v) is 11.2. The number of piperidine rings is 1. The summed E-state index contributed by atoms with van der Waals surface area (Å²) in [5, 5.41) is 4.49. The van der Waals surface area contributed by atoms with Crippen LogP contribution in [0, 0.1) is 0 Å². The zero-order valence-electron chi connectivity index (χ0n) is 20.8. The van der Waals surface area contributed by atoms with Crippen LogP contribution in [0.25, 0.3) is 0 Å². The van der Waals surface area contributed by atoms with Crippen molar-refractivity contribution in [3.63, 3.8) is 0 Å². The Morgan fingerprint density at radius 3 is 2.46 bits per heavy atom. The van der Waals surface area contributed by atoms with Crippen LogP contribution >= 0.6 is 47.2 Å². The molecule has 3 aliphatic rings. The minimum absolute atomic E-state index is 0. The van der Waals surface area contributed by atoms with Gasteiger partial charge in [0.1, 0.15) is 0 Å². The van der Waals surface area contributed by atoms with Gasteiger partial charge in [0.2, 0.25) is 0 Å². The number of benzene rings is 2. The number of nitrogens with zero attached hydrogens (tertiary/aromatic N) is 3. The fraction of sp³-hybridized carbons (Fsp3) is 0.481. The summed E-state index contributed by atoms with van der Waals surface area (Å²) in [6, 6.07) is 11.7. The molecule has 37 heavy (non-hydrogen) atoms. The van der Waals surface area contributed by atoms with E-state index in [1.165, 1.54) is 0 Å². The predicted molar refractivity (Wildman–Crippen MR) is 152 cm³/mol. The Hall–Kier alpha value is -1.70. The number of rotatable bonds is 6. The molecule has 2 saturated heterocycles. The summed E-state index contributed by atoms with van der Waals surface area (Å²) in [6.45, 7) is 4.41. The minimum Gasteiger partial charge on any atom is -0.338 e. The van der Waals surface area contributed by atoms with Crippen LogP contribution in [-0.2, 0) is 0 Å². The molecular formula is C27H32Cl4N4O2. The Bertz CT molecular complexity index is 1160. The van der Waals surface area contributed by atoms with Crippen LogP contribution in [-0.4, -0.2) is 72.5 Å². The first kappa shape index (κ1) is 28.3. The molecule has 0 radical (unpaired) electrons. The van der Waals surface area contributed by atoms with Crippen molar-refractivity contribution in [2.45, 2.75) is 43.7 Å². The molecule has 5 rings (SSSR count). The van der Waals surface area contributed by atoms with Crippen molar-refractivity contribution in [2.24, 2.45) is 0 Å². The molecule has 2 unspecified atom stereocenters. The van der Waals surface area contributed by atoms with Crippen LogP contribution < -0.4 is 5.32 Å². The topological polar surface area (TPSA) is 55.9 Å². The number of likely N-dealkylation sites (N-methyl/N-ethyl adjacent to an activating group) is 1. The predicted octanol–water partition coefficient (Wildman–Crippen LogP) is 6.25. The molecule has 10 heteroatoms. The second-order valence-electron chi connectivity index (χ2n) is 9.99. The summed E-state index contributed by atoms with van der Waals surface area (Å²) < 4.78 is 0. The first-order valence-corrected chi connectivity index (χ1v) is 13.8. The third-order valence-corrected chi connectivity index (χ3v) is 8.99. The van der Waals surface area contributed by atoms with Crippen LogP contribution in [0.5, 0.6) is 0 Å². The number of halogens is 4. The van der Waals surface area contributed by atoms with Gasteiger partial charge in [0.15, 0.2) is 0 Å². The normalized spacial score (nSPS) is 21.5. The Morgan fingerprint density at radius 2 is 1.76 bits per heavy atom. The van der Waals surface area contributed by atoms with Gasteiger partial charge in [-0.1, -0.05) is 53.0 Å². The molecule has 3 aliphatic heterocycles. The van der Waals surface area contributed by atoms with Crippen molar-refractivity contribution < 1.29 is 9.59 Å². The van der Waals surface area contributed by atoms with E-state index in [2.05, 4.69) is 10.2 Å². The maximum absolute atomic E-state index is 13.2. The summed E-state index contributed by atoms with van der Waals surface area (Å²) in [4.78, 5) is 31.7. The fourth-order valence-corrected chi connectivity index (χ4v) is 6.60. The van der Waals surface area contributed by atoms with E-state index in [0.29, 0.717) is 26.7 Å². The number of hydrogen-bond acceptors (Lipinski definition) is 3. The molecule has 0 saturated carbocycles. The zero-order chi connectivity index (χ0) is 25.4. The lowest BCUT2D eigenvalue weighted by Crippen LogP contribution is -2.54. The highest BCUT2D eigenvalue weighted by Gasteiger charge is 2.41. The maximum atomic E-state index is 13.2. The molecule has 1 N–H and O–H groups in total. The van der Waals surface area contributed by atoms with E-state index in [0.717, 1.165) is 69.5 Å². The van der Waals surface area contributed by atoms with Gasteiger partial charge in [-0.05, 0) is 61.6 Å². The average molecular weight is 586 g/mol. The molecule has 6 nitrogen and oxygen atoms in total. The first-order valence-electron chi connectivity index (χ1n) is 12.6. The van der Waals surface area contributed by atoms with E-state index in [-0.39, 0.29) is 36.3 Å². The number of hydrogen-bond donors (Lipinski definition) is 1. The van der Waals surface area contributed by atoms with Crippen molar-refractivity contribution in [3.8, 4) is 0 Å². The monoisotopic (exact) mass is 584 g/mol. The number of carbonyl (C=O) groups is 2. The zero-order valence-corrected chi connectivity index (χ0v) is 23.8. The van der Waals surface area contributed by atoms with Crippen LogP contribution in [0.2, 0.25) is 15.1 Å². The second kappa shape index (κ2) is 12.0. The van der Waals surface area contributed by atoms with Crippen molar-refractivity contribution in [2.75, 3.05) is 39.8 Å². The van der Waals surface area contributed by atoms with Crippen molar-refractivity contribution in [1.82, 2.24) is 20.0 Å². The number of likely N-dealkylation sites (tertiary alicyclic amines) is 1. The van der Waals surface area contributed by atoms with Crippen molar-refractivity contribution >= 4 is 59.1 Å². The van der Waals surface area contributed by atoms with E-state index < -0.39 is 0 Å². The molecule has 2 fully saturated rings. The lowest BCUT2D eigenvalue weighted by Gasteiger charge is -2.40. The molecule has 3 heterocycles. The smallest absolute Gasteiger partial charge is 0.317 e. The molecule has 0 bridgehead atoms. The molecule has 2 aromatic rings. The standard InChI is InChI=1S/C27H31Cl3N4O2.ClH/c1-32-25(20-4-2-5-22(29)24(20)26(32)35)19(17-6-7-21(28)23(30)16-17)10-15-33-13-8-18(9-14-33)34-12-3-11-31-27(34)36;/h2,4-7,16,18-19,25H,3,8-15H2,1H3,(H,31,36);1H. The van der Waals surface area contributed by atoms with Crippen molar-refractivity contribution in [1.29, 1.82) is 0 Å². The molecule has 2 aromatic carbocycles. The highest BCUT2D eigenvalue weighted by Crippen LogP contribution is 2.46. The van der Waals surface area contributed by atoms with Crippen LogP contribution in [0.3, 0.4) is 0 Å². The molecular weight excluding hydrogens is 554 g/mol. The first-order chi connectivity index (χ1) is 17.3. The summed E-state index contributed by atoms with van der Waals surface area (Å²) in [7, 11) is 1.85. The highest BCUT2D eigenvalue weighted by molar-refractivity contribution is 6.42. The van der Waals surface area contributed by atoms with Gasteiger partial charge in [-0.15, -0.1) is 12.4 Å². The van der Waals surface area contributed by atoms with Gasteiger partial charge >= 0.3 is 6.03 Å². The number of amides is 3. The Labute approximate surface area is 239 Å². The third kappa shape index (κ3) is 5.69. The van der Waals surface area contributed by atoms with Gasteiger partial charge in [0, 0.05) is 45.2 Å². The largest absolute Gasteiger partial charge is 0.338 e. The third-order valence-electron chi connectivity index (χ3n) is 7.94. The average Bonchev–Trinajstić information content (AvgIpc) is 3.13. The molecule has 0 aromatic heterocycles. The lowest BCUT2D eigenvalue weighted by atomic mass is 9.84. The summed E-state index contributed by atoms with van der Waals surface area (Å²) in [5.74, 6) is -0.0229. The van der Waals surface area contributed by atoms with Crippen LogP contribution in [0.1, 0.15) is 59.1 Å². The number of carbonyl (C=O) groups excluding carboxylic acids is 2. The number of urea groups is 1. The van der Waals surface area contributed by atoms with Gasteiger partial charge in [0.25, 0.3) is 5.91 Å². The van der Waals surface area contributed by atoms with Gasteiger partial charge < -0.3 is 20.0 Å². The van der Waals surface area contributed by atoms with Crippen LogP contribution in [0.4, 0.5) is 4.79 Å². The number of nitrogens with one attached hydrogen (secondary N) is 1. The van der Waals surface area contributed by atoms with E-state index >= 15 is 0 Å². The van der Waals surface area contributed by atoms with E-state index in [1.54, 1.807) is 6.07 Å². The Morgan fingerprint density at radius 1 is 1.00 bits per heavy atom. The van der Waals surface area contributed by atoms with Crippen molar-refractivity contribution in [3.05, 3.63) is 68.2 Å². The summed E-state index contributed by atoms with van der Waals surface area (Å²) in [6.07, 6.45) is 3.81. The number of fused-ring (bicyclic) bond motifs is 1. The maximum Gasteiger partial charge on any atom is 0.317 e. The summed E-state index contributed by atoms with van der Waals surface area (Å²) in [5.41, 5.74) is 2.61. The molecule has 200 valence electrons. The fourth-order valence-electron chi connectivity index (χ4n) is 6.03. The SMILES string of the molecule is CN1C(=O)c2c(Cl)cccc2C1C(CCN1CCC(N2CCCNC2=O)CC1)c1ccc(Cl)c(Cl)c1.Cl. The highest BCUT2D eigenvalue weighted by atomic mass is 35.5. The molecule has 0 aliphatic carbocycles. The van der Waals surface area contributed by atoms with Crippen LogP contribution in [0.15, 0.2) is 36.4 Å². The molecule has 0 spiro atoms.